The number of rotatable bonds is 5. The summed E-state index contributed by atoms with van der Waals surface area (Å²) in [7, 11) is -0.965. The minimum atomic E-state index is -0.969. The summed E-state index contributed by atoms with van der Waals surface area (Å²) in [5.74, 6) is 0.0164. The van der Waals surface area contributed by atoms with Crippen molar-refractivity contribution in [3.8, 4) is 0 Å². The van der Waals surface area contributed by atoms with Crippen molar-refractivity contribution < 1.29 is 14.3 Å². The zero-order valence-corrected chi connectivity index (χ0v) is 16.5. The van der Waals surface area contributed by atoms with Crippen LogP contribution >= 0.6 is 7.92 Å². The highest BCUT2D eigenvalue weighted by Crippen LogP contribution is 2.75. The predicted octanol–water partition coefficient (Wildman–Crippen LogP) is 3.80. The van der Waals surface area contributed by atoms with E-state index in [0.717, 1.165) is 0 Å². The van der Waals surface area contributed by atoms with Crippen molar-refractivity contribution in [2.24, 2.45) is 0 Å². The van der Waals surface area contributed by atoms with E-state index in [1.165, 1.54) is 10.6 Å². The fourth-order valence-electron chi connectivity index (χ4n) is 4.57. The van der Waals surface area contributed by atoms with Crippen LogP contribution < -0.4 is 10.6 Å². The van der Waals surface area contributed by atoms with Crippen molar-refractivity contribution >= 4 is 24.3 Å². The number of benzene rings is 3. The number of Topliss-reactive ketones (excluding diaryl/α,β-unsaturated/α-hetero) is 1. The summed E-state index contributed by atoms with van der Waals surface area (Å²) in [5, 5.41) is 1.72. The lowest BCUT2D eigenvalue weighted by Gasteiger charge is -2.28. The molecule has 2 saturated heterocycles. The van der Waals surface area contributed by atoms with Gasteiger partial charge in [-0.3, -0.25) is 4.79 Å². The van der Waals surface area contributed by atoms with Crippen LogP contribution in [0.4, 0.5) is 0 Å². The maximum atomic E-state index is 13.7. The van der Waals surface area contributed by atoms with Crippen LogP contribution in [0.1, 0.15) is 10.4 Å². The molecule has 4 unspecified atom stereocenters. The van der Waals surface area contributed by atoms with Gasteiger partial charge in [-0.15, -0.1) is 0 Å². The number of epoxide rings is 2. The standard InChI is InChI=1S/C25H19O3P/c26-22(18-10-4-1-5-11-18)24-17-16-21-23(27-21)25(24,28-24)29(19-12-6-2-7-13-19)20-14-8-3-9-15-20/h1-17,21,23H. The molecule has 3 nitrogen and oxygen atoms in total. The van der Waals surface area contributed by atoms with Gasteiger partial charge in [0.25, 0.3) is 0 Å². The molecule has 2 fully saturated rings. The zero-order chi connectivity index (χ0) is 19.5. The fourth-order valence-corrected chi connectivity index (χ4v) is 7.78. The molecule has 29 heavy (non-hydrogen) atoms. The number of hydrogen-bond donors (Lipinski definition) is 0. The number of ketones is 1. The van der Waals surface area contributed by atoms with E-state index in [0.29, 0.717) is 5.56 Å². The Bertz CT molecular complexity index is 1060. The molecule has 142 valence electrons. The monoisotopic (exact) mass is 398 g/mol. The van der Waals surface area contributed by atoms with Gasteiger partial charge in [0, 0.05) is 5.56 Å². The predicted molar refractivity (Wildman–Crippen MR) is 114 cm³/mol. The van der Waals surface area contributed by atoms with E-state index in [2.05, 4.69) is 48.5 Å². The van der Waals surface area contributed by atoms with E-state index in [1.54, 1.807) is 0 Å². The number of ether oxygens (including phenoxy) is 2. The topological polar surface area (TPSA) is 42.1 Å². The summed E-state index contributed by atoms with van der Waals surface area (Å²) in [6.07, 6.45) is 3.90. The molecule has 2 aliphatic heterocycles. The van der Waals surface area contributed by atoms with Gasteiger partial charge in [0.15, 0.2) is 10.9 Å². The van der Waals surface area contributed by atoms with Crippen molar-refractivity contribution in [3.05, 3.63) is 109 Å². The van der Waals surface area contributed by atoms with E-state index in [1.807, 2.05) is 54.6 Å². The highest BCUT2D eigenvalue weighted by Gasteiger charge is 2.85. The van der Waals surface area contributed by atoms with E-state index in [4.69, 9.17) is 9.47 Å². The number of carbonyl (C=O) groups is 1. The molecule has 0 radical (unpaired) electrons. The van der Waals surface area contributed by atoms with Crippen LogP contribution in [-0.4, -0.2) is 28.9 Å². The van der Waals surface area contributed by atoms with Gasteiger partial charge in [0.05, 0.1) is 0 Å². The number of fused-ring (bicyclic) bond motifs is 3. The van der Waals surface area contributed by atoms with Crippen LogP contribution in [-0.2, 0) is 9.47 Å². The van der Waals surface area contributed by atoms with E-state index in [9.17, 15) is 4.79 Å². The third-order valence-corrected chi connectivity index (χ3v) is 8.94. The minimum absolute atomic E-state index is 0.0164. The minimum Gasteiger partial charge on any atom is -0.361 e. The summed E-state index contributed by atoms with van der Waals surface area (Å²) in [5.41, 5.74) is -0.294. The average molecular weight is 398 g/mol. The molecule has 1 aliphatic carbocycles. The Morgan fingerprint density at radius 2 is 1.34 bits per heavy atom. The molecule has 0 aromatic heterocycles. The highest BCUT2D eigenvalue weighted by molar-refractivity contribution is 7.74. The molecular formula is C25H19O3P. The lowest BCUT2D eigenvalue weighted by atomic mass is 9.88. The average Bonchev–Trinajstić information content (AvgIpc) is 3.69. The summed E-state index contributed by atoms with van der Waals surface area (Å²) in [4.78, 5) is 13.7. The maximum absolute atomic E-state index is 13.7. The van der Waals surface area contributed by atoms with Crippen LogP contribution in [0, 0.1) is 0 Å². The number of carbonyl (C=O) groups excluding carboxylic acids is 1. The first-order valence-electron chi connectivity index (χ1n) is 9.81. The quantitative estimate of drug-likeness (QED) is 0.284. The molecule has 4 heteroatoms. The molecule has 0 amide bonds. The van der Waals surface area contributed by atoms with Crippen molar-refractivity contribution in [3.63, 3.8) is 0 Å². The SMILES string of the molecule is O=C(c1ccccc1)C12C=CC3OC3C1(P(c1ccccc1)c1ccccc1)O2. The maximum Gasteiger partial charge on any atom is 0.202 e. The summed E-state index contributed by atoms with van der Waals surface area (Å²) >= 11 is 0. The molecule has 0 bridgehead atoms. The Morgan fingerprint density at radius 1 is 0.793 bits per heavy atom. The van der Waals surface area contributed by atoms with Gasteiger partial charge in [-0.25, -0.2) is 0 Å². The Labute approximate surface area is 170 Å². The third-order valence-electron chi connectivity index (χ3n) is 5.97. The zero-order valence-electron chi connectivity index (χ0n) is 15.6. The van der Waals surface area contributed by atoms with Crippen LogP contribution in [0.25, 0.3) is 0 Å². The van der Waals surface area contributed by atoms with Gasteiger partial charge in [-0.2, -0.15) is 0 Å². The lowest BCUT2D eigenvalue weighted by molar-refractivity contribution is 0.0909. The normalized spacial score (nSPS) is 31.1. The summed E-state index contributed by atoms with van der Waals surface area (Å²) in [6, 6.07) is 30.3. The van der Waals surface area contributed by atoms with E-state index < -0.39 is 18.9 Å². The first kappa shape index (κ1) is 17.3. The van der Waals surface area contributed by atoms with E-state index in [-0.39, 0.29) is 18.0 Å². The Kier molecular flexibility index (Phi) is 3.70. The molecule has 3 aromatic rings. The Morgan fingerprint density at radius 3 is 1.93 bits per heavy atom. The van der Waals surface area contributed by atoms with Crippen molar-refractivity contribution in [1.29, 1.82) is 0 Å². The first-order chi connectivity index (χ1) is 14.3. The van der Waals surface area contributed by atoms with Crippen molar-refractivity contribution in [1.82, 2.24) is 0 Å². The van der Waals surface area contributed by atoms with Crippen LogP contribution in [0.5, 0.6) is 0 Å². The van der Waals surface area contributed by atoms with Crippen LogP contribution in [0.2, 0.25) is 0 Å². The van der Waals surface area contributed by atoms with Crippen molar-refractivity contribution in [2.45, 2.75) is 23.2 Å². The molecule has 6 rings (SSSR count). The molecule has 4 atom stereocenters. The highest BCUT2D eigenvalue weighted by atomic mass is 31.1. The van der Waals surface area contributed by atoms with Crippen LogP contribution in [0.15, 0.2) is 103 Å². The van der Waals surface area contributed by atoms with Gasteiger partial charge in [0.1, 0.15) is 12.2 Å². The molecule has 3 aromatic carbocycles. The first-order valence-corrected chi connectivity index (χ1v) is 11.2. The van der Waals surface area contributed by atoms with E-state index >= 15 is 0 Å². The Hall–Kier alpha value is -2.58. The fraction of sp³-hybridized carbons (Fsp3) is 0.160. The van der Waals surface area contributed by atoms with Gasteiger partial charge in [0.2, 0.25) is 5.78 Å². The lowest BCUT2D eigenvalue weighted by Crippen LogP contribution is -2.42. The second kappa shape index (κ2) is 6.21. The molecule has 0 spiro atoms. The molecule has 0 saturated carbocycles. The summed E-state index contributed by atoms with van der Waals surface area (Å²) in [6.45, 7) is 0. The van der Waals surface area contributed by atoms with Gasteiger partial charge in [-0.1, -0.05) is 97.1 Å². The smallest absolute Gasteiger partial charge is 0.202 e. The Balaban J connectivity index is 1.53. The largest absolute Gasteiger partial charge is 0.361 e. The third kappa shape index (κ3) is 2.39. The van der Waals surface area contributed by atoms with Gasteiger partial charge in [-0.05, 0) is 24.6 Å². The second-order valence-corrected chi connectivity index (χ2v) is 9.98. The van der Waals surface area contributed by atoms with Gasteiger partial charge >= 0.3 is 0 Å². The van der Waals surface area contributed by atoms with Crippen molar-refractivity contribution in [2.75, 3.05) is 0 Å². The second-order valence-electron chi connectivity index (χ2n) is 7.62. The van der Waals surface area contributed by atoms with Crippen LogP contribution in [0.3, 0.4) is 0 Å². The van der Waals surface area contributed by atoms with Gasteiger partial charge < -0.3 is 9.47 Å². The number of hydrogen-bond acceptors (Lipinski definition) is 3. The molecule has 3 aliphatic rings. The summed E-state index contributed by atoms with van der Waals surface area (Å²) < 4.78 is 12.6. The molecular weight excluding hydrogens is 379 g/mol. The molecule has 0 N–H and O–H groups in total. The molecule has 2 heterocycles.